The highest BCUT2D eigenvalue weighted by atomic mass is 35.5. The highest BCUT2D eigenvalue weighted by molar-refractivity contribution is 6.32. The molecular formula is C26H34Cl2F3N9O2. The van der Waals surface area contributed by atoms with Crippen LogP contribution in [0.25, 0.3) is 5.82 Å². The average molecular weight is 633 g/mol. The van der Waals surface area contributed by atoms with E-state index in [9.17, 15) is 22.8 Å². The fourth-order valence-corrected chi connectivity index (χ4v) is 3.60. The lowest BCUT2D eigenvalue weighted by Crippen LogP contribution is -2.36. The van der Waals surface area contributed by atoms with E-state index in [0.717, 1.165) is 22.2 Å². The summed E-state index contributed by atoms with van der Waals surface area (Å²) in [6.07, 6.45) is -0.843. The van der Waals surface area contributed by atoms with Crippen LogP contribution < -0.4 is 22.2 Å². The van der Waals surface area contributed by atoms with Crippen molar-refractivity contribution < 1.29 is 22.8 Å². The van der Waals surface area contributed by atoms with Crippen molar-refractivity contribution in [3.8, 4) is 5.82 Å². The molecule has 1 atom stereocenters. The van der Waals surface area contributed by atoms with Gasteiger partial charge in [0.05, 0.1) is 17.3 Å². The van der Waals surface area contributed by atoms with Crippen molar-refractivity contribution in [2.24, 2.45) is 16.7 Å². The Morgan fingerprint density at radius 1 is 1.21 bits per heavy atom. The molecule has 2 aromatic heterocycles. The molecule has 6 N–H and O–H groups in total. The Bertz CT molecular complexity index is 1350. The molecule has 0 saturated heterocycles. The molecule has 0 amide bonds. The maximum absolute atomic E-state index is 12.3. The number of pyridine rings is 1. The van der Waals surface area contributed by atoms with Crippen LogP contribution in [0.5, 0.6) is 0 Å². The number of nitrogens with zero attached hydrogens (tertiary/aromatic N) is 5. The summed E-state index contributed by atoms with van der Waals surface area (Å²) in [7, 11) is 3.76. The topological polar surface area (TPSA) is 157 Å². The van der Waals surface area contributed by atoms with Crippen molar-refractivity contribution in [3.63, 3.8) is 0 Å². The van der Waals surface area contributed by atoms with Crippen LogP contribution in [0.3, 0.4) is 0 Å². The van der Waals surface area contributed by atoms with Crippen molar-refractivity contribution in [3.05, 3.63) is 69.1 Å². The lowest BCUT2D eigenvalue weighted by Gasteiger charge is -2.13. The molecule has 230 valence electrons. The number of hydrogen-bond acceptors (Lipinski definition) is 9. The highest BCUT2D eigenvalue weighted by Crippen LogP contribution is 2.23. The van der Waals surface area contributed by atoms with E-state index in [1.807, 2.05) is 20.0 Å². The quantitative estimate of drug-likeness (QED) is 0.0860. The Balaban J connectivity index is 0.000000405. The van der Waals surface area contributed by atoms with E-state index in [4.69, 9.17) is 34.8 Å². The number of halogens is 5. The highest BCUT2D eigenvalue weighted by Gasteiger charge is 2.34. The van der Waals surface area contributed by atoms with Gasteiger partial charge in [0, 0.05) is 35.6 Å². The van der Waals surface area contributed by atoms with Crippen molar-refractivity contribution in [2.75, 3.05) is 19.4 Å². The van der Waals surface area contributed by atoms with E-state index >= 15 is 0 Å². The zero-order valence-electron chi connectivity index (χ0n) is 23.7. The number of carbonyl (C=O) groups excluding carboxylic acids is 2. The number of aromatic nitrogens is 3. The Kier molecular flexibility index (Phi) is 14.9. The summed E-state index contributed by atoms with van der Waals surface area (Å²) in [5, 5.41) is 14.4. The minimum Gasteiger partial charge on any atom is -0.387 e. The first-order valence-corrected chi connectivity index (χ1v) is 13.2. The number of amidine groups is 1. The summed E-state index contributed by atoms with van der Waals surface area (Å²) in [6, 6.07) is 8.60. The van der Waals surface area contributed by atoms with Gasteiger partial charge in [0.2, 0.25) is 5.84 Å². The number of alkyl halides is 3. The number of carbonyl (C=O) groups is 2. The van der Waals surface area contributed by atoms with Gasteiger partial charge in [-0.25, -0.2) is 20.6 Å². The molecule has 1 aromatic carbocycles. The second-order valence-corrected chi connectivity index (χ2v) is 9.48. The Labute approximate surface area is 252 Å². The number of nitrogens with one attached hydrogen (secondary N) is 2. The zero-order chi connectivity index (χ0) is 32.0. The van der Waals surface area contributed by atoms with Crippen molar-refractivity contribution in [2.45, 2.75) is 46.0 Å². The van der Waals surface area contributed by atoms with Crippen molar-refractivity contribution >= 4 is 47.3 Å². The van der Waals surface area contributed by atoms with Crippen LogP contribution in [0.15, 0.2) is 41.6 Å². The number of nitrogens with two attached hydrogens (primary N) is 2. The van der Waals surface area contributed by atoms with Crippen LogP contribution in [-0.2, 0) is 6.54 Å². The number of aldehydes is 2. The van der Waals surface area contributed by atoms with E-state index in [2.05, 4.69) is 39.7 Å². The molecule has 0 spiro atoms. The first-order chi connectivity index (χ1) is 19.7. The van der Waals surface area contributed by atoms with E-state index in [1.165, 1.54) is 18.7 Å². The first-order valence-electron chi connectivity index (χ1n) is 12.4. The smallest absolute Gasteiger partial charge is 0.387 e. The summed E-state index contributed by atoms with van der Waals surface area (Å²) < 4.78 is 38.1. The number of hydrogen-bond donors (Lipinski definition) is 4. The molecule has 0 fully saturated rings. The van der Waals surface area contributed by atoms with Crippen LogP contribution in [0.4, 0.5) is 18.9 Å². The number of benzene rings is 1. The standard InChI is InChI=1S/C12H11ClF3N7O.C9H10ClNO.C5H13N/c13-9-2-1-3-19-10(9)23-8(6-24)4-7(20-23)5-22(18)21-11(17)12(14,15)16;1-6-3-8(10)4-7(5-12)9(6)11-2;1-4-5(2)6-3/h1-4,6H,5,18H2,(H2,17,21);3-5,11H,1-2H3;5-6H,4H2,1-3H3. The molecule has 3 aromatic rings. The van der Waals surface area contributed by atoms with E-state index in [-0.39, 0.29) is 28.8 Å². The van der Waals surface area contributed by atoms with Gasteiger partial charge in [-0.3, -0.25) is 9.59 Å². The molecule has 3 rings (SSSR count). The summed E-state index contributed by atoms with van der Waals surface area (Å²) in [6.45, 7) is 5.92. The first kappa shape index (κ1) is 36.3. The van der Waals surface area contributed by atoms with Crippen molar-refractivity contribution in [1.82, 2.24) is 25.2 Å². The predicted molar refractivity (Wildman–Crippen MR) is 159 cm³/mol. The van der Waals surface area contributed by atoms with Crippen LogP contribution in [0, 0.1) is 6.92 Å². The SMILES string of the molecule is CCC(C)NC.CNc1c(C)cc(Cl)cc1C=O.N/C(=N\N(N)Cc1cc(C=O)n(-c2ncccc2Cl)n1)C(F)(F)F. The molecule has 0 bridgehead atoms. The maximum atomic E-state index is 12.3. The summed E-state index contributed by atoms with van der Waals surface area (Å²) in [4.78, 5) is 25.7. The lowest BCUT2D eigenvalue weighted by molar-refractivity contribution is -0.0615. The van der Waals surface area contributed by atoms with E-state index in [0.29, 0.717) is 28.0 Å². The molecular weight excluding hydrogens is 598 g/mol. The fraction of sp³-hybridized carbons (Fsp3) is 0.346. The largest absolute Gasteiger partial charge is 0.450 e. The van der Waals surface area contributed by atoms with Gasteiger partial charge in [0.1, 0.15) is 5.69 Å². The Morgan fingerprint density at radius 3 is 2.36 bits per heavy atom. The normalized spacial score (nSPS) is 11.8. The van der Waals surface area contributed by atoms with Gasteiger partial charge < -0.3 is 16.4 Å². The van der Waals surface area contributed by atoms with Crippen LogP contribution >= 0.6 is 23.2 Å². The summed E-state index contributed by atoms with van der Waals surface area (Å²) >= 11 is 11.8. The monoisotopic (exact) mass is 631 g/mol. The number of hydrazine groups is 1. The molecule has 0 saturated carbocycles. The van der Waals surface area contributed by atoms with Gasteiger partial charge in [-0.15, -0.1) is 5.10 Å². The number of aryl methyl sites for hydroxylation is 1. The Hall–Kier alpha value is -3.72. The lowest BCUT2D eigenvalue weighted by atomic mass is 10.1. The fourth-order valence-electron chi connectivity index (χ4n) is 3.12. The third kappa shape index (κ3) is 11.3. The second kappa shape index (κ2) is 17.3. The van der Waals surface area contributed by atoms with E-state index in [1.54, 1.807) is 25.2 Å². The minimum absolute atomic E-state index is 0.0896. The third-order valence-corrected chi connectivity index (χ3v) is 6.02. The third-order valence-electron chi connectivity index (χ3n) is 5.51. The number of rotatable bonds is 9. The van der Waals surface area contributed by atoms with Crippen LogP contribution in [0.2, 0.25) is 10.0 Å². The van der Waals surface area contributed by atoms with E-state index < -0.39 is 12.0 Å². The molecule has 16 heteroatoms. The van der Waals surface area contributed by atoms with Crippen LogP contribution in [0.1, 0.15) is 52.4 Å². The van der Waals surface area contributed by atoms with Crippen LogP contribution in [-0.4, -0.2) is 64.6 Å². The van der Waals surface area contributed by atoms with Gasteiger partial charge in [-0.1, -0.05) is 30.1 Å². The maximum Gasteiger partial charge on any atom is 0.450 e. The van der Waals surface area contributed by atoms with Gasteiger partial charge in [0.15, 0.2) is 18.4 Å². The second-order valence-electron chi connectivity index (χ2n) is 8.63. The van der Waals surface area contributed by atoms with Gasteiger partial charge in [-0.2, -0.15) is 18.3 Å². The average Bonchev–Trinajstić information content (AvgIpc) is 3.34. The molecule has 1 unspecified atom stereocenters. The number of anilines is 1. The van der Waals surface area contributed by atoms with Gasteiger partial charge >= 0.3 is 6.18 Å². The molecule has 2 heterocycles. The molecule has 0 radical (unpaired) electrons. The molecule has 0 aliphatic heterocycles. The number of hydrazone groups is 1. The summed E-state index contributed by atoms with van der Waals surface area (Å²) in [5.41, 5.74) is 7.45. The zero-order valence-corrected chi connectivity index (χ0v) is 25.2. The molecule has 0 aliphatic carbocycles. The van der Waals surface area contributed by atoms with Gasteiger partial charge in [0.25, 0.3) is 0 Å². The van der Waals surface area contributed by atoms with Gasteiger partial charge in [-0.05, 0) is 63.2 Å². The molecule has 0 aliphatic rings. The van der Waals surface area contributed by atoms with Crippen molar-refractivity contribution in [1.29, 1.82) is 0 Å². The Morgan fingerprint density at radius 2 is 1.88 bits per heavy atom. The predicted octanol–water partition coefficient (Wildman–Crippen LogP) is 4.75. The minimum atomic E-state index is -4.80. The molecule has 11 nitrogen and oxygen atoms in total. The summed E-state index contributed by atoms with van der Waals surface area (Å²) in [5.74, 6) is 3.94. The molecule has 42 heavy (non-hydrogen) atoms.